The van der Waals surface area contributed by atoms with Gasteiger partial charge in [-0.2, -0.15) is 0 Å². The molecule has 1 atom stereocenters. The summed E-state index contributed by atoms with van der Waals surface area (Å²) in [4.78, 5) is 2.61. The summed E-state index contributed by atoms with van der Waals surface area (Å²) in [5, 5.41) is 3.47. The molecule has 1 aromatic carbocycles. The predicted molar refractivity (Wildman–Crippen MR) is 80.4 cm³/mol. The van der Waals surface area contributed by atoms with Crippen molar-refractivity contribution in [1.29, 1.82) is 0 Å². The summed E-state index contributed by atoms with van der Waals surface area (Å²) in [6, 6.07) is 7.00. The van der Waals surface area contributed by atoms with Crippen molar-refractivity contribution < 1.29 is 4.39 Å². The second-order valence-electron chi connectivity index (χ2n) is 6.69. The van der Waals surface area contributed by atoms with Crippen molar-refractivity contribution >= 4 is 0 Å². The fraction of sp³-hybridized carbons (Fsp3) is 0.647. The van der Waals surface area contributed by atoms with Crippen molar-refractivity contribution in [1.82, 2.24) is 10.2 Å². The van der Waals surface area contributed by atoms with Gasteiger partial charge in [0.2, 0.25) is 0 Å². The lowest BCUT2D eigenvalue weighted by atomic mass is 9.78. The van der Waals surface area contributed by atoms with Gasteiger partial charge in [-0.15, -0.1) is 0 Å². The van der Waals surface area contributed by atoms with Gasteiger partial charge >= 0.3 is 0 Å². The lowest BCUT2D eigenvalue weighted by Gasteiger charge is -2.34. The summed E-state index contributed by atoms with van der Waals surface area (Å²) < 4.78 is 13.0. The minimum atomic E-state index is -0.143. The third-order valence-corrected chi connectivity index (χ3v) is 5.15. The summed E-state index contributed by atoms with van der Waals surface area (Å²) in [6.45, 7) is 8.19. The van der Waals surface area contributed by atoms with Gasteiger partial charge < -0.3 is 10.2 Å². The van der Waals surface area contributed by atoms with E-state index >= 15 is 0 Å². The summed E-state index contributed by atoms with van der Waals surface area (Å²) in [5.74, 6) is 0.336. The molecule has 0 aliphatic carbocycles. The summed E-state index contributed by atoms with van der Waals surface area (Å²) in [6.07, 6.45) is 4.01. The molecule has 2 aliphatic heterocycles. The molecule has 2 heterocycles. The van der Waals surface area contributed by atoms with Crippen LogP contribution in [0.4, 0.5) is 4.39 Å². The van der Waals surface area contributed by atoms with E-state index in [-0.39, 0.29) is 5.82 Å². The Morgan fingerprint density at radius 3 is 2.60 bits per heavy atom. The molecule has 0 radical (unpaired) electrons. The molecule has 0 saturated carbocycles. The van der Waals surface area contributed by atoms with Crippen molar-refractivity contribution in [2.75, 3.05) is 32.7 Å². The first-order chi connectivity index (χ1) is 9.67. The molecule has 2 aliphatic rings. The molecule has 3 rings (SSSR count). The summed E-state index contributed by atoms with van der Waals surface area (Å²) in [5.41, 5.74) is 1.82. The van der Waals surface area contributed by atoms with Crippen LogP contribution in [0.5, 0.6) is 0 Å². The van der Waals surface area contributed by atoms with Crippen molar-refractivity contribution in [3.63, 3.8) is 0 Å². The van der Waals surface area contributed by atoms with E-state index in [1.54, 1.807) is 12.1 Å². The molecule has 3 heteroatoms. The van der Waals surface area contributed by atoms with E-state index in [0.29, 0.717) is 11.3 Å². The Bertz CT molecular complexity index is 437. The van der Waals surface area contributed by atoms with E-state index in [4.69, 9.17) is 0 Å². The number of hydrogen-bond donors (Lipinski definition) is 1. The molecule has 2 saturated heterocycles. The van der Waals surface area contributed by atoms with Crippen molar-refractivity contribution in [2.24, 2.45) is 5.41 Å². The van der Waals surface area contributed by atoms with Gasteiger partial charge in [-0.3, -0.25) is 0 Å². The van der Waals surface area contributed by atoms with Crippen LogP contribution in [0, 0.1) is 11.2 Å². The zero-order valence-corrected chi connectivity index (χ0v) is 12.4. The minimum Gasteiger partial charge on any atom is -0.317 e. The van der Waals surface area contributed by atoms with Crippen LogP contribution in [0.15, 0.2) is 24.3 Å². The SMILES string of the molecule is CC(CN1CCC2(CCNCC2)C1)c1ccc(F)cc1. The molecule has 2 fully saturated rings. The average Bonchev–Trinajstić information content (AvgIpc) is 2.83. The van der Waals surface area contributed by atoms with Gasteiger partial charge in [-0.1, -0.05) is 19.1 Å². The predicted octanol–water partition coefficient (Wildman–Crippen LogP) is 3.00. The molecule has 2 nitrogen and oxygen atoms in total. The van der Waals surface area contributed by atoms with Crippen molar-refractivity contribution in [3.8, 4) is 0 Å². The number of likely N-dealkylation sites (tertiary alicyclic amines) is 1. The molecule has 0 aromatic heterocycles. The van der Waals surface area contributed by atoms with E-state index in [9.17, 15) is 4.39 Å². The summed E-state index contributed by atoms with van der Waals surface area (Å²) >= 11 is 0. The normalized spacial score (nSPS) is 24.1. The molecule has 1 spiro atoms. The second-order valence-corrected chi connectivity index (χ2v) is 6.69. The smallest absolute Gasteiger partial charge is 0.123 e. The quantitative estimate of drug-likeness (QED) is 0.913. The van der Waals surface area contributed by atoms with Crippen LogP contribution in [-0.2, 0) is 0 Å². The third kappa shape index (κ3) is 3.04. The Labute approximate surface area is 121 Å². The highest BCUT2D eigenvalue weighted by Gasteiger charge is 2.38. The van der Waals surface area contributed by atoms with Gasteiger partial charge in [-0.25, -0.2) is 4.39 Å². The van der Waals surface area contributed by atoms with Crippen LogP contribution in [-0.4, -0.2) is 37.6 Å². The van der Waals surface area contributed by atoms with Gasteiger partial charge in [0.05, 0.1) is 0 Å². The number of piperidine rings is 1. The fourth-order valence-electron chi connectivity index (χ4n) is 3.83. The Morgan fingerprint density at radius 1 is 1.20 bits per heavy atom. The molecule has 20 heavy (non-hydrogen) atoms. The van der Waals surface area contributed by atoms with Crippen LogP contribution < -0.4 is 5.32 Å². The number of hydrogen-bond acceptors (Lipinski definition) is 2. The number of nitrogens with zero attached hydrogens (tertiary/aromatic N) is 1. The molecule has 1 unspecified atom stereocenters. The van der Waals surface area contributed by atoms with Gasteiger partial charge in [-0.05, 0) is 67.9 Å². The average molecular weight is 276 g/mol. The van der Waals surface area contributed by atoms with E-state index in [0.717, 1.165) is 6.54 Å². The highest BCUT2D eigenvalue weighted by atomic mass is 19.1. The zero-order valence-electron chi connectivity index (χ0n) is 12.4. The highest BCUT2D eigenvalue weighted by Crippen LogP contribution is 2.39. The number of nitrogens with one attached hydrogen (secondary N) is 1. The zero-order chi connectivity index (χ0) is 14.0. The van der Waals surface area contributed by atoms with E-state index < -0.39 is 0 Å². The van der Waals surface area contributed by atoms with Crippen molar-refractivity contribution in [2.45, 2.75) is 32.1 Å². The first-order valence-corrected chi connectivity index (χ1v) is 7.85. The Hall–Kier alpha value is -0.930. The van der Waals surface area contributed by atoms with E-state index in [2.05, 4.69) is 17.1 Å². The third-order valence-electron chi connectivity index (χ3n) is 5.15. The summed E-state index contributed by atoms with van der Waals surface area (Å²) in [7, 11) is 0. The lowest BCUT2D eigenvalue weighted by Crippen LogP contribution is -2.39. The molecular weight excluding hydrogens is 251 g/mol. The minimum absolute atomic E-state index is 0.143. The van der Waals surface area contributed by atoms with Gasteiger partial charge in [0, 0.05) is 13.1 Å². The van der Waals surface area contributed by atoms with Crippen molar-refractivity contribution in [3.05, 3.63) is 35.6 Å². The maximum Gasteiger partial charge on any atom is 0.123 e. The Morgan fingerprint density at radius 2 is 1.90 bits per heavy atom. The first-order valence-electron chi connectivity index (χ1n) is 7.85. The van der Waals surface area contributed by atoms with Gasteiger partial charge in [0.15, 0.2) is 0 Å². The number of rotatable bonds is 3. The van der Waals surface area contributed by atoms with Crippen LogP contribution >= 0.6 is 0 Å². The van der Waals surface area contributed by atoms with E-state index in [1.807, 2.05) is 12.1 Å². The molecule has 0 bridgehead atoms. The Kier molecular flexibility index (Phi) is 4.08. The fourth-order valence-corrected chi connectivity index (χ4v) is 3.83. The van der Waals surface area contributed by atoms with Gasteiger partial charge in [0.25, 0.3) is 0 Å². The van der Waals surface area contributed by atoms with Crippen LogP contribution in [0.2, 0.25) is 0 Å². The van der Waals surface area contributed by atoms with Crippen LogP contribution in [0.25, 0.3) is 0 Å². The van der Waals surface area contributed by atoms with E-state index in [1.165, 1.54) is 51.0 Å². The molecular formula is C17H25FN2. The number of benzene rings is 1. The molecule has 0 amide bonds. The maximum absolute atomic E-state index is 13.0. The van der Waals surface area contributed by atoms with Gasteiger partial charge in [0.1, 0.15) is 5.82 Å². The molecule has 1 aromatic rings. The Balaban J connectivity index is 1.57. The van der Waals surface area contributed by atoms with Crippen LogP contribution in [0.1, 0.15) is 37.7 Å². The van der Waals surface area contributed by atoms with Crippen LogP contribution in [0.3, 0.4) is 0 Å². The number of halogens is 1. The largest absolute Gasteiger partial charge is 0.317 e. The first kappa shape index (κ1) is 14.0. The molecule has 110 valence electrons. The molecule has 1 N–H and O–H groups in total. The lowest BCUT2D eigenvalue weighted by molar-refractivity contribution is 0.193. The second kappa shape index (κ2) is 5.82. The standard InChI is InChI=1S/C17H25FN2/c1-14(15-2-4-16(18)5-3-15)12-20-11-8-17(13-20)6-9-19-10-7-17/h2-5,14,19H,6-13H2,1H3. The topological polar surface area (TPSA) is 15.3 Å². The maximum atomic E-state index is 13.0. The monoisotopic (exact) mass is 276 g/mol. The highest BCUT2D eigenvalue weighted by molar-refractivity contribution is 5.20.